The molecule has 102 valence electrons. The summed E-state index contributed by atoms with van der Waals surface area (Å²) >= 11 is 0. The predicted octanol–water partition coefficient (Wildman–Crippen LogP) is 1.27. The Labute approximate surface area is 114 Å². The molecule has 0 saturated carbocycles. The number of aliphatic hydroxyl groups is 1. The van der Waals surface area contributed by atoms with Gasteiger partial charge in [-0.05, 0) is 37.0 Å². The maximum absolute atomic E-state index is 9.95. The topological polar surface area (TPSA) is 57.1 Å². The molecule has 1 heterocycles. The summed E-state index contributed by atoms with van der Waals surface area (Å²) in [5.41, 5.74) is 5.62. The number of quaternary nitrogens is 1. The number of benzene rings is 1. The van der Waals surface area contributed by atoms with E-state index in [-0.39, 0.29) is 6.10 Å². The molecule has 1 aliphatic heterocycles. The number of rotatable bonds is 3. The molecule has 2 unspecified atom stereocenters. The van der Waals surface area contributed by atoms with Crippen LogP contribution in [-0.2, 0) is 4.74 Å². The van der Waals surface area contributed by atoms with Crippen LogP contribution in [0.15, 0.2) is 24.3 Å². The maximum Gasteiger partial charge on any atom is 0.118 e. The van der Waals surface area contributed by atoms with Gasteiger partial charge >= 0.3 is 0 Å². The number of hydrogen-bond acceptors (Lipinski definition) is 2. The Hall–Kier alpha value is -1.34. The van der Waals surface area contributed by atoms with Crippen molar-refractivity contribution in [3.63, 3.8) is 0 Å². The zero-order valence-electron chi connectivity index (χ0n) is 11.3. The Morgan fingerprint density at radius 1 is 1.42 bits per heavy atom. The van der Waals surface area contributed by atoms with Gasteiger partial charge in [-0.1, -0.05) is 24.0 Å². The molecule has 0 amide bonds. The van der Waals surface area contributed by atoms with Gasteiger partial charge in [0.25, 0.3) is 0 Å². The molecule has 1 aromatic carbocycles. The average Bonchev–Trinajstić information content (AvgIpc) is 2.47. The van der Waals surface area contributed by atoms with Crippen molar-refractivity contribution in [2.75, 3.05) is 13.2 Å². The van der Waals surface area contributed by atoms with Gasteiger partial charge in [-0.3, -0.25) is 0 Å². The molecule has 1 aliphatic rings. The van der Waals surface area contributed by atoms with Crippen LogP contribution in [0.3, 0.4) is 0 Å². The number of aliphatic hydroxyl groups excluding tert-OH is 1. The van der Waals surface area contributed by atoms with Crippen molar-refractivity contribution < 1.29 is 15.6 Å². The summed E-state index contributed by atoms with van der Waals surface area (Å²) < 4.78 is 5.58. The van der Waals surface area contributed by atoms with Crippen LogP contribution < -0.4 is 5.73 Å². The van der Waals surface area contributed by atoms with Crippen LogP contribution in [0.25, 0.3) is 0 Å². The second-order valence-corrected chi connectivity index (χ2v) is 4.91. The molecule has 3 heteroatoms. The van der Waals surface area contributed by atoms with Crippen LogP contribution in [0.1, 0.15) is 42.9 Å². The highest BCUT2D eigenvalue weighted by Gasteiger charge is 2.10. The van der Waals surface area contributed by atoms with Crippen molar-refractivity contribution >= 4 is 0 Å². The lowest BCUT2D eigenvalue weighted by atomic mass is 10.0. The Morgan fingerprint density at radius 2 is 2.32 bits per heavy atom. The van der Waals surface area contributed by atoms with E-state index in [0.717, 1.165) is 37.1 Å². The largest absolute Gasteiger partial charge is 0.388 e. The molecule has 0 spiro atoms. The lowest BCUT2D eigenvalue weighted by Crippen LogP contribution is -2.50. The fourth-order valence-corrected chi connectivity index (χ4v) is 2.20. The first-order valence-electron chi connectivity index (χ1n) is 7.00. The minimum absolute atomic E-state index is 0.0715. The molecule has 4 N–H and O–H groups in total. The van der Waals surface area contributed by atoms with Gasteiger partial charge in [-0.25, -0.2) is 0 Å². The lowest BCUT2D eigenvalue weighted by Gasteiger charge is -2.17. The van der Waals surface area contributed by atoms with Crippen molar-refractivity contribution in [3.8, 4) is 11.8 Å². The highest BCUT2D eigenvalue weighted by atomic mass is 16.5. The zero-order chi connectivity index (χ0) is 13.5. The van der Waals surface area contributed by atoms with Gasteiger partial charge < -0.3 is 15.6 Å². The second kappa shape index (κ2) is 7.30. The van der Waals surface area contributed by atoms with E-state index < -0.39 is 6.10 Å². The van der Waals surface area contributed by atoms with Crippen molar-refractivity contribution in [1.82, 2.24) is 0 Å². The third-order valence-electron chi connectivity index (χ3n) is 3.31. The molecule has 2 rings (SSSR count). The monoisotopic (exact) mass is 260 g/mol. The first-order valence-corrected chi connectivity index (χ1v) is 7.00. The summed E-state index contributed by atoms with van der Waals surface area (Å²) in [6.07, 6.45) is 3.68. The normalized spacial score (nSPS) is 20.4. The van der Waals surface area contributed by atoms with Gasteiger partial charge in [0, 0.05) is 18.6 Å². The van der Waals surface area contributed by atoms with Crippen molar-refractivity contribution in [2.45, 2.75) is 37.9 Å². The number of ether oxygens (including phenoxy) is 1. The summed E-state index contributed by atoms with van der Waals surface area (Å²) in [6, 6.07) is 7.79. The smallest absolute Gasteiger partial charge is 0.118 e. The summed E-state index contributed by atoms with van der Waals surface area (Å²) in [6.45, 7) is 1.55. The van der Waals surface area contributed by atoms with E-state index in [4.69, 9.17) is 4.74 Å². The molecular formula is C16H22NO2+. The van der Waals surface area contributed by atoms with Crippen molar-refractivity contribution in [3.05, 3.63) is 35.4 Å². The fourth-order valence-electron chi connectivity index (χ4n) is 2.20. The highest BCUT2D eigenvalue weighted by Crippen LogP contribution is 2.17. The Morgan fingerprint density at radius 3 is 3.05 bits per heavy atom. The van der Waals surface area contributed by atoms with Crippen LogP contribution in [0.5, 0.6) is 0 Å². The third-order valence-corrected chi connectivity index (χ3v) is 3.31. The minimum atomic E-state index is -0.440. The van der Waals surface area contributed by atoms with E-state index in [9.17, 15) is 5.11 Å². The van der Waals surface area contributed by atoms with E-state index in [0.29, 0.717) is 6.42 Å². The van der Waals surface area contributed by atoms with E-state index in [2.05, 4.69) is 17.6 Å². The van der Waals surface area contributed by atoms with Gasteiger partial charge in [0.15, 0.2) is 0 Å². The third kappa shape index (κ3) is 4.36. The quantitative estimate of drug-likeness (QED) is 0.804. The molecule has 1 aromatic rings. The molecule has 0 aliphatic carbocycles. The molecule has 2 atom stereocenters. The molecule has 19 heavy (non-hydrogen) atoms. The molecule has 3 nitrogen and oxygen atoms in total. The molecule has 0 aromatic heterocycles. The summed E-state index contributed by atoms with van der Waals surface area (Å²) in [4.78, 5) is 0. The summed E-state index contributed by atoms with van der Waals surface area (Å²) in [5.74, 6) is 6.32. The van der Waals surface area contributed by atoms with Crippen LogP contribution in [-0.4, -0.2) is 24.4 Å². The van der Waals surface area contributed by atoms with Crippen LogP contribution >= 0.6 is 0 Å². The van der Waals surface area contributed by atoms with E-state index in [1.54, 1.807) is 0 Å². The minimum Gasteiger partial charge on any atom is -0.388 e. The Balaban J connectivity index is 2.04. The fraction of sp³-hybridized carbons (Fsp3) is 0.500. The predicted molar refractivity (Wildman–Crippen MR) is 74.2 cm³/mol. The molecule has 1 fully saturated rings. The van der Waals surface area contributed by atoms with E-state index >= 15 is 0 Å². The van der Waals surface area contributed by atoms with Crippen LogP contribution in [0, 0.1) is 11.8 Å². The highest BCUT2D eigenvalue weighted by molar-refractivity contribution is 5.38. The SMILES string of the molecule is [NH3+]CCC(O)c1cccc(C#CC2CCCCO2)c1. The maximum atomic E-state index is 9.95. The first kappa shape index (κ1) is 14.1. The standard InChI is InChI=1S/C16H21NO2/c17-10-9-16(18)14-5-3-4-13(12-14)7-8-15-6-1-2-11-19-15/h3-5,12,15-16,18H,1-2,6,9-11,17H2/p+1. The van der Waals surface area contributed by atoms with Crippen molar-refractivity contribution in [2.24, 2.45) is 0 Å². The summed E-state index contributed by atoms with van der Waals surface area (Å²) in [7, 11) is 0. The lowest BCUT2D eigenvalue weighted by molar-refractivity contribution is -0.371. The number of hydrogen-bond donors (Lipinski definition) is 2. The molecule has 0 radical (unpaired) electrons. The second-order valence-electron chi connectivity index (χ2n) is 4.91. The van der Waals surface area contributed by atoms with Gasteiger partial charge in [0.2, 0.25) is 0 Å². The van der Waals surface area contributed by atoms with Crippen LogP contribution in [0.4, 0.5) is 0 Å². The average molecular weight is 260 g/mol. The van der Waals surface area contributed by atoms with Crippen molar-refractivity contribution in [1.29, 1.82) is 0 Å². The Bertz CT molecular complexity index is 455. The first-order chi connectivity index (χ1) is 9.29. The Kier molecular flexibility index (Phi) is 5.41. The van der Waals surface area contributed by atoms with E-state index in [1.165, 1.54) is 6.42 Å². The van der Waals surface area contributed by atoms with Gasteiger partial charge in [-0.2, -0.15) is 0 Å². The zero-order valence-corrected chi connectivity index (χ0v) is 11.3. The van der Waals surface area contributed by atoms with E-state index in [1.807, 2.05) is 24.3 Å². The van der Waals surface area contributed by atoms with Gasteiger partial charge in [0.1, 0.15) is 6.10 Å². The molecular weight excluding hydrogens is 238 g/mol. The molecule has 0 bridgehead atoms. The van der Waals surface area contributed by atoms with Gasteiger partial charge in [0.05, 0.1) is 12.6 Å². The van der Waals surface area contributed by atoms with Crippen LogP contribution in [0.2, 0.25) is 0 Å². The summed E-state index contributed by atoms with van der Waals surface area (Å²) in [5, 5.41) is 9.95. The molecule has 1 saturated heterocycles. The van der Waals surface area contributed by atoms with Gasteiger partial charge in [-0.15, -0.1) is 0 Å².